The van der Waals surface area contributed by atoms with Gasteiger partial charge in [0.05, 0.1) is 21.9 Å². The highest BCUT2D eigenvalue weighted by Gasteiger charge is 2.17. The zero-order chi connectivity index (χ0) is 13.1. The van der Waals surface area contributed by atoms with E-state index in [1.165, 1.54) is 8.45 Å². The van der Waals surface area contributed by atoms with Crippen LogP contribution in [0.15, 0.2) is 29.6 Å². The van der Waals surface area contributed by atoms with Gasteiger partial charge in [-0.2, -0.15) is 0 Å². The molecule has 0 amide bonds. The van der Waals surface area contributed by atoms with Crippen LogP contribution in [0.3, 0.4) is 0 Å². The topological polar surface area (TPSA) is 18.5 Å². The fourth-order valence-electron chi connectivity index (χ4n) is 1.66. The second-order valence-electron chi connectivity index (χ2n) is 3.65. The summed E-state index contributed by atoms with van der Waals surface area (Å²) in [7, 11) is 3.33. The third kappa shape index (κ3) is 3.00. The zero-order valence-corrected chi connectivity index (χ0v) is 14.5. The maximum absolute atomic E-state index is 5.43. The molecule has 1 aromatic heterocycles. The number of benzene rings is 1. The first kappa shape index (κ1) is 14.1. The molecule has 0 aliphatic heterocycles. The third-order valence-corrected chi connectivity index (χ3v) is 5.42. The van der Waals surface area contributed by atoms with Crippen LogP contribution in [0.5, 0.6) is 11.5 Å². The van der Waals surface area contributed by atoms with Crippen LogP contribution in [0.25, 0.3) is 0 Å². The van der Waals surface area contributed by atoms with Gasteiger partial charge in [-0.3, -0.25) is 0 Å². The molecular weight excluding hydrogens is 427 g/mol. The Kier molecular flexibility index (Phi) is 4.91. The number of hydrogen-bond acceptors (Lipinski definition) is 3. The van der Waals surface area contributed by atoms with Crippen LogP contribution in [0.1, 0.15) is 16.0 Å². The quantitative estimate of drug-likeness (QED) is 0.501. The predicted octanol–water partition coefficient (Wildman–Crippen LogP) is 4.85. The number of alkyl halides is 1. The van der Waals surface area contributed by atoms with E-state index in [9.17, 15) is 0 Å². The molecule has 96 valence electrons. The van der Waals surface area contributed by atoms with Gasteiger partial charge in [0, 0.05) is 11.6 Å². The monoisotopic (exact) mass is 438 g/mol. The number of rotatable bonds is 4. The van der Waals surface area contributed by atoms with Crippen molar-refractivity contribution in [3.63, 3.8) is 0 Å². The summed E-state index contributed by atoms with van der Waals surface area (Å²) in [4.78, 5) is 0.137. The lowest BCUT2D eigenvalue weighted by atomic mass is 10.1. The van der Waals surface area contributed by atoms with Crippen molar-refractivity contribution in [2.75, 3.05) is 14.2 Å². The fraction of sp³-hybridized carbons (Fsp3) is 0.231. The van der Waals surface area contributed by atoms with Crippen LogP contribution < -0.4 is 9.47 Å². The molecule has 0 fully saturated rings. The summed E-state index contributed by atoms with van der Waals surface area (Å²) >= 11 is 7.80. The zero-order valence-electron chi connectivity index (χ0n) is 9.94. The average Bonchev–Trinajstić information content (AvgIpc) is 2.83. The molecule has 5 heteroatoms. The van der Waals surface area contributed by atoms with E-state index in [0.717, 1.165) is 17.1 Å². The van der Waals surface area contributed by atoms with Gasteiger partial charge < -0.3 is 9.47 Å². The van der Waals surface area contributed by atoms with Gasteiger partial charge in [-0.25, -0.2) is 0 Å². The molecule has 0 saturated carbocycles. The summed E-state index contributed by atoms with van der Waals surface area (Å²) in [5.74, 6) is 1.63. The van der Waals surface area contributed by atoms with Crippen molar-refractivity contribution >= 4 is 49.9 Å². The molecule has 2 rings (SSSR count). The smallest absolute Gasteiger partial charge is 0.127 e. The highest BCUT2D eigenvalue weighted by Crippen LogP contribution is 2.39. The number of ether oxygens (including phenoxy) is 2. The molecular formula is C13H12BrIO2S. The minimum absolute atomic E-state index is 0.137. The van der Waals surface area contributed by atoms with Crippen LogP contribution in [0.2, 0.25) is 0 Å². The summed E-state index contributed by atoms with van der Waals surface area (Å²) < 4.78 is 11.9. The van der Waals surface area contributed by atoms with Crippen molar-refractivity contribution in [3.8, 4) is 11.5 Å². The first-order valence-corrected chi connectivity index (χ1v) is 8.13. The fourth-order valence-corrected chi connectivity index (χ4v) is 3.88. The minimum atomic E-state index is 0.137. The van der Waals surface area contributed by atoms with E-state index in [1.807, 2.05) is 18.2 Å². The highest BCUT2D eigenvalue weighted by atomic mass is 127. The molecule has 0 N–H and O–H groups in total. The van der Waals surface area contributed by atoms with Crippen molar-refractivity contribution in [1.82, 2.24) is 0 Å². The van der Waals surface area contributed by atoms with Crippen molar-refractivity contribution in [2.45, 2.75) is 4.83 Å². The van der Waals surface area contributed by atoms with E-state index in [2.05, 4.69) is 50.0 Å². The summed E-state index contributed by atoms with van der Waals surface area (Å²) in [5, 5.41) is 2.16. The predicted molar refractivity (Wildman–Crippen MR) is 87.4 cm³/mol. The standard InChI is InChI=1S/C13H12BrIO2S/c1-16-9-3-4-10(11(6-9)17-2)13(14)8-5-12(15)18-7-8/h3-7,13H,1-2H3. The molecule has 0 spiro atoms. The van der Waals surface area contributed by atoms with Crippen molar-refractivity contribution in [2.24, 2.45) is 0 Å². The van der Waals surface area contributed by atoms with Gasteiger partial charge in [0.2, 0.25) is 0 Å². The minimum Gasteiger partial charge on any atom is -0.497 e. The van der Waals surface area contributed by atoms with Gasteiger partial charge in [-0.15, -0.1) is 11.3 Å². The first-order chi connectivity index (χ1) is 8.65. The molecule has 1 aromatic carbocycles. The van der Waals surface area contributed by atoms with Gasteiger partial charge in [0.15, 0.2) is 0 Å². The maximum Gasteiger partial charge on any atom is 0.127 e. The van der Waals surface area contributed by atoms with Crippen LogP contribution in [0.4, 0.5) is 0 Å². The first-order valence-electron chi connectivity index (χ1n) is 5.25. The molecule has 1 heterocycles. The lowest BCUT2D eigenvalue weighted by molar-refractivity contribution is 0.391. The van der Waals surface area contributed by atoms with Crippen LogP contribution in [-0.2, 0) is 0 Å². The van der Waals surface area contributed by atoms with E-state index < -0.39 is 0 Å². The van der Waals surface area contributed by atoms with Crippen LogP contribution >= 0.6 is 49.9 Å². The summed E-state index contributed by atoms with van der Waals surface area (Å²) in [6.07, 6.45) is 0. The lowest BCUT2D eigenvalue weighted by Crippen LogP contribution is -1.97. The Morgan fingerprint density at radius 3 is 2.56 bits per heavy atom. The molecule has 0 radical (unpaired) electrons. The second kappa shape index (κ2) is 6.25. The Balaban J connectivity index is 2.38. The number of hydrogen-bond donors (Lipinski definition) is 0. The van der Waals surface area contributed by atoms with E-state index in [-0.39, 0.29) is 4.83 Å². The highest BCUT2D eigenvalue weighted by molar-refractivity contribution is 14.1. The van der Waals surface area contributed by atoms with Gasteiger partial charge in [0.1, 0.15) is 11.5 Å². The van der Waals surface area contributed by atoms with Crippen molar-refractivity contribution in [3.05, 3.63) is 43.7 Å². The van der Waals surface area contributed by atoms with Gasteiger partial charge in [0.25, 0.3) is 0 Å². The van der Waals surface area contributed by atoms with Gasteiger partial charge >= 0.3 is 0 Å². The second-order valence-corrected chi connectivity index (χ2v) is 7.38. The maximum atomic E-state index is 5.43. The molecule has 0 aliphatic rings. The SMILES string of the molecule is COc1ccc(C(Br)c2csc(I)c2)c(OC)c1. The average molecular weight is 439 g/mol. The normalized spacial score (nSPS) is 12.2. The number of halogens is 2. The van der Waals surface area contributed by atoms with E-state index >= 15 is 0 Å². The molecule has 0 aliphatic carbocycles. The molecule has 0 bridgehead atoms. The molecule has 18 heavy (non-hydrogen) atoms. The Morgan fingerprint density at radius 2 is 2.00 bits per heavy atom. The Hall–Kier alpha value is -0.270. The Morgan fingerprint density at radius 1 is 1.22 bits per heavy atom. The Labute approximate surface area is 133 Å². The number of thiophene rings is 1. The molecule has 1 atom stereocenters. The van der Waals surface area contributed by atoms with E-state index in [4.69, 9.17) is 9.47 Å². The summed E-state index contributed by atoms with van der Waals surface area (Å²) in [6.45, 7) is 0. The van der Waals surface area contributed by atoms with E-state index in [0.29, 0.717) is 0 Å². The molecule has 0 saturated heterocycles. The Bertz CT molecular complexity index is 542. The van der Waals surface area contributed by atoms with Crippen LogP contribution in [0, 0.1) is 2.88 Å². The molecule has 2 aromatic rings. The third-order valence-electron chi connectivity index (χ3n) is 2.59. The van der Waals surface area contributed by atoms with Gasteiger partial charge in [-0.05, 0) is 45.7 Å². The van der Waals surface area contributed by atoms with Gasteiger partial charge in [-0.1, -0.05) is 22.0 Å². The van der Waals surface area contributed by atoms with E-state index in [1.54, 1.807) is 25.6 Å². The summed E-state index contributed by atoms with van der Waals surface area (Å²) in [5.41, 5.74) is 2.35. The largest absolute Gasteiger partial charge is 0.497 e. The number of methoxy groups -OCH3 is 2. The van der Waals surface area contributed by atoms with Crippen molar-refractivity contribution < 1.29 is 9.47 Å². The molecule has 1 unspecified atom stereocenters. The van der Waals surface area contributed by atoms with Crippen molar-refractivity contribution in [1.29, 1.82) is 0 Å². The molecule has 2 nitrogen and oxygen atoms in total. The lowest BCUT2D eigenvalue weighted by Gasteiger charge is -2.14. The summed E-state index contributed by atoms with van der Waals surface area (Å²) in [6, 6.07) is 8.06. The van der Waals surface area contributed by atoms with Crippen LogP contribution in [-0.4, -0.2) is 14.2 Å².